The van der Waals surface area contributed by atoms with Crippen LogP contribution in [0.25, 0.3) is 0 Å². The van der Waals surface area contributed by atoms with E-state index in [0.717, 1.165) is 13.1 Å². The molecule has 0 atom stereocenters. The zero-order valence-corrected chi connectivity index (χ0v) is 15.5. The third kappa shape index (κ3) is 4.41. The van der Waals surface area contributed by atoms with E-state index >= 15 is 0 Å². The van der Waals surface area contributed by atoms with Gasteiger partial charge in [-0.25, -0.2) is 0 Å². The first-order valence-corrected chi connectivity index (χ1v) is 8.31. The number of nitrogens with one attached hydrogen (secondary N) is 1. The Bertz CT molecular complexity index is 671. The standard InChI is InChI=1S/C17H25N3O6/c1-17(2,19-5-7-26-8-6-19)11-18-16(21)12-9-14(24-3)15(25-4)10-13(12)20(22)23/h9-10H,5-8,11H2,1-4H3,(H,18,21). The quantitative estimate of drug-likeness (QED) is 0.575. The van der Waals surface area contributed by atoms with Crippen LogP contribution in [0.2, 0.25) is 0 Å². The van der Waals surface area contributed by atoms with Crippen LogP contribution in [0.4, 0.5) is 5.69 Å². The molecule has 1 heterocycles. The molecule has 1 fully saturated rings. The van der Waals surface area contributed by atoms with Gasteiger partial charge in [-0.2, -0.15) is 0 Å². The molecule has 0 spiro atoms. The molecule has 1 saturated heterocycles. The van der Waals surface area contributed by atoms with Crippen molar-refractivity contribution in [3.8, 4) is 11.5 Å². The number of hydrogen-bond donors (Lipinski definition) is 1. The number of amides is 1. The zero-order chi connectivity index (χ0) is 19.3. The Hall–Kier alpha value is -2.39. The van der Waals surface area contributed by atoms with Crippen molar-refractivity contribution in [2.45, 2.75) is 19.4 Å². The molecule has 0 unspecified atom stereocenters. The first-order chi connectivity index (χ1) is 12.3. The minimum absolute atomic E-state index is 0.0644. The fourth-order valence-corrected chi connectivity index (χ4v) is 2.87. The number of methoxy groups -OCH3 is 2. The second-order valence-electron chi connectivity index (χ2n) is 6.58. The highest BCUT2D eigenvalue weighted by atomic mass is 16.6. The van der Waals surface area contributed by atoms with Crippen LogP contribution in [0.1, 0.15) is 24.2 Å². The van der Waals surface area contributed by atoms with Gasteiger partial charge in [-0.1, -0.05) is 0 Å². The summed E-state index contributed by atoms with van der Waals surface area (Å²) in [6.07, 6.45) is 0. The zero-order valence-electron chi connectivity index (χ0n) is 15.5. The second-order valence-corrected chi connectivity index (χ2v) is 6.58. The van der Waals surface area contributed by atoms with Gasteiger partial charge in [0.05, 0.1) is 38.4 Å². The van der Waals surface area contributed by atoms with Gasteiger partial charge in [-0.3, -0.25) is 19.8 Å². The van der Waals surface area contributed by atoms with Gasteiger partial charge >= 0.3 is 0 Å². The van der Waals surface area contributed by atoms with E-state index in [2.05, 4.69) is 10.2 Å². The average molecular weight is 367 g/mol. The molecule has 0 aliphatic carbocycles. The molecule has 0 bridgehead atoms. The monoisotopic (exact) mass is 367 g/mol. The number of nitro benzene ring substituents is 1. The number of nitro groups is 1. The molecule has 144 valence electrons. The summed E-state index contributed by atoms with van der Waals surface area (Å²) in [5.74, 6) is -0.0703. The Morgan fingerprint density at radius 1 is 1.27 bits per heavy atom. The predicted molar refractivity (Wildman–Crippen MR) is 95.0 cm³/mol. The average Bonchev–Trinajstić information content (AvgIpc) is 2.65. The number of benzene rings is 1. The lowest BCUT2D eigenvalue weighted by Crippen LogP contribution is -2.55. The number of carbonyl (C=O) groups excluding carboxylic acids is 1. The van der Waals surface area contributed by atoms with Gasteiger partial charge in [0.25, 0.3) is 11.6 Å². The maximum atomic E-state index is 12.6. The maximum Gasteiger partial charge on any atom is 0.286 e. The van der Waals surface area contributed by atoms with Gasteiger partial charge in [0.15, 0.2) is 11.5 Å². The smallest absolute Gasteiger partial charge is 0.286 e. The van der Waals surface area contributed by atoms with Crippen molar-refractivity contribution >= 4 is 11.6 Å². The van der Waals surface area contributed by atoms with Crippen LogP contribution in [-0.4, -0.2) is 68.3 Å². The fourth-order valence-electron chi connectivity index (χ4n) is 2.87. The lowest BCUT2D eigenvalue weighted by atomic mass is 10.0. The van der Waals surface area contributed by atoms with Crippen LogP contribution in [0, 0.1) is 10.1 Å². The van der Waals surface area contributed by atoms with Crippen LogP contribution in [0.5, 0.6) is 11.5 Å². The molecule has 1 amide bonds. The SMILES string of the molecule is COc1cc(C(=O)NCC(C)(C)N2CCOCC2)c([N+](=O)[O-])cc1OC. The molecule has 1 aliphatic rings. The summed E-state index contributed by atoms with van der Waals surface area (Å²) in [7, 11) is 2.79. The van der Waals surface area contributed by atoms with Gasteiger partial charge in [-0.05, 0) is 13.8 Å². The molecule has 0 radical (unpaired) electrons. The van der Waals surface area contributed by atoms with Crippen molar-refractivity contribution in [1.82, 2.24) is 10.2 Å². The number of morpholine rings is 1. The molecule has 26 heavy (non-hydrogen) atoms. The van der Waals surface area contributed by atoms with Crippen molar-refractivity contribution in [3.05, 3.63) is 27.8 Å². The van der Waals surface area contributed by atoms with E-state index in [4.69, 9.17) is 14.2 Å². The van der Waals surface area contributed by atoms with E-state index in [-0.39, 0.29) is 28.3 Å². The summed E-state index contributed by atoms with van der Waals surface area (Å²) in [6.45, 7) is 7.23. The molecule has 1 aromatic carbocycles. The number of ether oxygens (including phenoxy) is 3. The molecule has 0 aromatic heterocycles. The Labute approximate surface area is 152 Å². The van der Waals surface area contributed by atoms with Crippen molar-refractivity contribution in [3.63, 3.8) is 0 Å². The van der Waals surface area contributed by atoms with E-state index in [1.807, 2.05) is 13.8 Å². The fraction of sp³-hybridized carbons (Fsp3) is 0.588. The van der Waals surface area contributed by atoms with Crippen molar-refractivity contribution in [2.75, 3.05) is 47.1 Å². The lowest BCUT2D eigenvalue weighted by molar-refractivity contribution is -0.385. The van der Waals surface area contributed by atoms with E-state index in [9.17, 15) is 14.9 Å². The van der Waals surface area contributed by atoms with Crippen molar-refractivity contribution in [2.24, 2.45) is 0 Å². The van der Waals surface area contributed by atoms with Gasteiger partial charge in [0.2, 0.25) is 0 Å². The van der Waals surface area contributed by atoms with Gasteiger partial charge < -0.3 is 19.5 Å². The summed E-state index contributed by atoms with van der Waals surface area (Å²) in [5, 5.41) is 14.1. The predicted octanol–water partition coefficient (Wildman–Crippen LogP) is 1.45. The Balaban J connectivity index is 2.19. The number of hydrogen-bond acceptors (Lipinski definition) is 7. The summed E-state index contributed by atoms with van der Waals surface area (Å²) >= 11 is 0. The highest BCUT2D eigenvalue weighted by Crippen LogP contribution is 2.34. The number of rotatable bonds is 7. The molecule has 1 N–H and O–H groups in total. The van der Waals surface area contributed by atoms with Gasteiger partial charge in [0.1, 0.15) is 5.56 Å². The Morgan fingerprint density at radius 2 is 1.85 bits per heavy atom. The largest absolute Gasteiger partial charge is 0.493 e. The molecule has 9 nitrogen and oxygen atoms in total. The van der Waals surface area contributed by atoms with Crippen LogP contribution < -0.4 is 14.8 Å². The van der Waals surface area contributed by atoms with E-state index in [1.54, 1.807) is 0 Å². The highest BCUT2D eigenvalue weighted by molar-refractivity contribution is 5.99. The molecular weight excluding hydrogens is 342 g/mol. The van der Waals surface area contributed by atoms with Gasteiger partial charge in [0, 0.05) is 31.2 Å². The minimum Gasteiger partial charge on any atom is -0.493 e. The van der Waals surface area contributed by atoms with E-state index < -0.39 is 10.8 Å². The normalized spacial score (nSPS) is 15.4. The molecule has 1 aromatic rings. The van der Waals surface area contributed by atoms with Crippen molar-refractivity contribution in [1.29, 1.82) is 0 Å². The lowest BCUT2D eigenvalue weighted by Gasteiger charge is -2.40. The van der Waals surface area contributed by atoms with Crippen LogP contribution in [0.15, 0.2) is 12.1 Å². The van der Waals surface area contributed by atoms with E-state index in [0.29, 0.717) is 19.8 Å². The highest BCUT2D eigenvalue weighted by Gasteiger charge is 2.30. The molecule has 0 saturated carbocycles. The Morgan fingerprint density at radius 3 is 2.38 bits per heavy atom. The van der Waals surface area contributed by atoms with Gasteiger partial charge in [-0.15, -0.1) is 0 Å². The number of carbonyl (C=O) groups is 1. The third-order valence-corrected chi connectivity index (χ3v) is 4.49. The van der Waals surface area contributed by atoms with Crippen LogP contribution >= 0.6 is 0 Å². The minimum atomic E-state index is -0.607. The summed E-state index contributed by atoms with van der Waals surface area (Å²) in [5.41, 5.74) is -0.695. The van der Waals surface area contributed by atoms with E-state index in [1.165, 1.54) is 26.4 Å². The molecular formula is C17H25N3O6. The Kier molecular flexibility index (Phi) is 6.38. The molecule has 1 aliphatic heterocycles. The van der Waals surface area contributed by atoms with Crippen LogP contribution in [0.3, 0.4) is 0 Å². The number of nitrogens with zero attached hydrogens (tertiary/aromatic N) is 2. The summed E-state index contributed by atoms with van der Waals surface area (Å²) in [6, 6.07) is 2.52. The summed E-state index contributed by atoms with van der Waals surface area (Å²) in [4.78, 5) is 25.6. The summed E-state index contributed by atoms with van der Waals surface area (Å²) < 4.78 is 15.6. The van der Waals surface area contributed by atoms with Crippen LogP contribution in [-0.2, 0) is 4.74 Å². The van der Waals surface area contributed by atoms with Crippen molar-refractivity contribution < 1.29 is 23.9 Å². The first kappa shape index (κ1) is 19.9. The maximum absolute atomic E-state index is 12.6. The molecule has 2 rings (SSSR count). The second kappa shape index (κ2) is 8.33. The third-order valence-electron chi connectivity index (χ3n) is 4.49. The first-order valence-electron chi connectivity index (χ1n) is 8.31. The molecule has 9 heteroatoms. The topological polar surface area (TPSA) is 103 Å².